The fourth-order valence-corrected chi connectivity index (χ4v) is 2.63. The van der Waals surface area contributed by atoms with Crippen LogP contribution in [0.15, 0.2) is 18.2 Å². The van der Waals surface area contributed by atoms with Gasteiger partial charge in [0.25, 0.3) is 0 Å². The molecule has 0 unspecified atom stereocenters. The first-order valence-corrected chi connectivity index (χ1v) is 5.97. The van der Waals surface area contributed by atoms with E-state index in [9.17, 15) is 4.39 Å². The SMILES string of the molecule is N=C1c2cc(F)ccc2CN1C1CCOCC1. The van der Waals surface area contributed by atoms with Crippen LogP contribution in [-0.2, 0) is 11.3 Å². The topological polar surface area (TPSA) is 36.3 Å². The summed E-state index contributed by atoms with van der Waals surface area (Å²) in [6.07, 6.45) is 1.91. The lowest BCUT2D eigenvalue weighted by Crippen LogP contribution is -2.39. The Kier molecular flexibility index (Phi) is 2.59. The molecule has 2 aliphatic rings. The molecule has 2 aliphatic heterocycles. The average Bonchev–Trinajstić information content (AvgIpc) is 2.68. The van der Waals surface area contributed by atoms with E-state index in [2.05, 4.69) is 4.90 Å². The minimum atomic E-state index is -0.262. The maximum absolute atomic E-state index is 13.2. The summed E-state index contributed by atoms with van der Waals surface area (Å²) in [6.45, 7) is 2.26. The van der Waals surface area contributed by atoms with E-state index >= 15 is 0 Å². The van der Waals surface area contributed by atoms with Gasteiger partial charge in [0, 0.05) is 31.4 Å². The molecule has 3 rings (SSSR count). The lowest BCUT2D eigenvalue weighted by molar-refractivity contribution is 0.0548. The normalized spacial score (nSPS) is 20.8. The van der Waals surface area contributed by atoms with Crippen molar-refractivity contribution in [2.24, 2.45) is 0 Å². The summed E-state index contributed by atoms with van der Waals surface area (Å²) in [7, 11) is 0. The summed E-state index contributed by atoms with van der Waals surface area (Å²) in [5.41, 5.74) is 1.80. The van der Waals surface area contributed by atoms with Crippen LogP contribution in [-0.4, -0.2) is 30.0 Å². The number of amidine groups is 1. The summed E-state index contributed by atoms with van der Waals surface area (Å²) < 4.78 is 18.5. The first-order valence-electron chi connectivity index (χ1n) is 5.97. The molecule has 3 nitrogen and oxygen atoms in total. The Bertz CT molecular complexity index is 455. The molecule has 0 aromatic heterocycles. The average molecular weight is 234 g/mol. The summed E-state index contributed by atoms with van der Waals surface area (Å²) in [5.74, 6) is 0.203. The van der Waals surface area contributed by atoms with Crippen molar-refractivity contribution in [2.75, 3.05) is 13.2 Å². The lowest BCUT2D eigenvalue weighted by atomic mass is 10.1. The predicted octanol–water partition coefficient (Wildman–Crippen LogP) is 2.15. The van der Waals surface area contributed by atoms with Crippen molar-refractivity contribution in [1.82, 2.24) is 4.90 Å². The fraction of sp³-hybridized carbons (Fsp3) is 0.462. The second kappa shape index (κ2) is 4.11. The van der Waals surface area contributed by atoms with Crippen LogP contribution in [0.1, 0.15) is 24.0 Å². The van der Waals surface area contributed by atoms with Gasteiger partial charge in [-0.05, 0) is 30.5 Å². The minimum absolute atomic E-state index is 0.262. The summed E-state index contributed by atoms with van der Waals surface area (Å²) in [4.78, 5) is 2.08. The van der Waals surface area contributed by atoms with E-state index in [1.165, 1.54) is 12.1 Å². The molecule has 1 saturated heterocycles. The second-order valence-corrected chi connectivity index (χ2v) is 4.62. The molecule has 0 spiro atoms. The third-order valence-corrected chi connectivity index (χ3v) is 3.59. The monoisotopic (exact) mass is 234 g/mol. The molecule has 90 valence electrons. The fourth-order valence-electron chi connectivity index (χ4n) is 2.63. The Morgan fingerprint density at radius 1 is 1.29 bits per heavy atom. The van der Waals surface area contributed by atoms with Crippen LogP contribution >= 0.6 is 0 Å². The van der Waals surface area contributed by atoms with E-state index in [4.69, 9.17) is 10.1 Å². The summed E-state index contributed by atoms with van der Waals surface area (Å²) >= 11 is 0. The number of halogens is 1. The Hall–Kier alpha value is -1.42. The number of rotatable bonds is 1. The largest absolute Gasteiger partial charge is 0.381 e. The number of ether oxygens (including phenoxy) is 1. The number of nitrogens with zero attached hydrogens (tertiary/aromatic N) is 1. The van der Waals surface area contributed by atoms with Crippen LogP contribution in [0.25, 0.3) is 0 Å². The number of benzene rings is 1. The van der Waals surface area contributed by atoms with E-state index in [-0.39, 0.29) is 5.82 Å². The van der Waals surface area contributed by atoms with Crippen LogP contribution in [0.2, 0.25) is 0 Å². The molecular weight excluding hydrogens is 219 g/mol. The number of fused-ring (bicyclic) bond motifs is 1. The zero-order chi connectivity index (χ0) is 11.8. The maximum atomic E-state index is 13.2. The molecule has 1 aromatic carbocycles. The van der Waals surface area contributed by atoms with Gasteiger partial charge in [0.15, 0.2) is 0 Å². The molecule has 2 heterocycles. The van der Waals surface area contributed by atoms with Crippen molar-refractivity contribution in [3.63, 3.8) is 0 Å². The standard InChI is InChI=1S/C13H15FN2O/c14-10-2-1-9-8-16(13(15)12(9)7-10)11-3-5-17-6-4-11/h1-2,7,11,15H,3-6,8H2. The Morgan fingerprint density at radius 2 is 2.06 bits per heavy atom. The molecule has 4 heteroatoms. The molecule has 1 N–H and O–H groups in total. The van der Waals surface area contributed by atoms with E-state index in [1.54, 1.807) is 6.07 Å². The Morgan fingerprint density at radius 3 is 2.82 bits per heavy atom. The van der Waals surface area contributed by atoms with Gasteiger partial charge in [0.1, 0.15) is 11.7 Å². The molecule has 0 bridgehead atoms. The third-order valence-electron chi connectivity index (χ3n) is 3.59. The van der Waals surface area contributed by atoms with Gasteiger partial charge in [0.2, 0.25) is 0 Å². The lowest BCUT2D eigenvalue weighted by Gasteiger charge is -2.32. The highest BCUT2D eigenvalue weighted by Crippen LogP contribution is 2.28. The molecule has 1 aromatic rings. The van der Waals surface area contributed by atoms with Crippen LogP contribution in [0, 0.1) is 11.2 Å². The highest BCUT2D eigenvalue weighted by molar-refractivity contribution is 6.00. The highest BCUT2D eigenvalue weighted by atomic mass is 19.1. The molecule has 0 atom stereocenters. The van der Waals surface area contributed by atoms with Crippen LogP contribution in [0.5, 0.6) is 0 Å². The quantitative estimate of drug-likeness (QED) is 0.808. The molecule has 1 fully saturated rings. The first kappa shape index (κ1) is 10.7. The van der Waals surface area contributed by atoms with Gasteiger partial charge in [-0.1, -0.05) is 6.07 Å². The van der Waals surface area contributed by atoms with Gasteiger partial charge in [-0.3, -0.25) is 5.41 Å². The van der Waals surface area contributed by atoms with E-state index in [1.807, 2.05) is 0 Å². The highest BCUT2D eigenvalue weighted by Gasteiger charge is 2.31. The van der Waals surface area contributed by atoms with Gasteiger partial charge in [0.05, 0.1) is 0 Å². The van der Waals surface area contributed by atoms with Gasteiger partial charge >= 0.3 is 0 Å². The summed E-state index contributed by atoms with van der Waals surface area (Å²) in [5, 5.41) is 8.14. The van der Waals surface area contributed by atoms with Gasteiger partial charge in [-0.15, -0.1) is 0 Å². The van der Waals surface area contributed by atoms with Gasteiger partial charge in [-0.25, -0.2) is 4.39 Å². The predicted molar refractivity (Wildman–Crippen MR) is 62.6 cm³/mol. The second-order valence-electron chi connectivity index (χ2n) is 4.62. The first-order chi connectivity index (χ1) is 8.25. The van der Waals surface area contributed by atoms with Gasteiger partial charge in [-0.2, -0.15) is 0 Å². The van der Waals surface area contributed by atoms with Crippen molar-refractivity contribution < 1.29 is 9.13 Å². The Labute approximate surface area is 99.7 Å². The van der Waals surface area contributed by atoms with Crippen LogP contribution in [0.3, 0.4) is 0 Å². The molecule has 0 radical (unpaired) electrons. The zero-order valence-electron chi connectivity index (χ0n) is 9.58. The van der Waals surface area contributed by atoms with Crippen molar-refractivity contribution in [3.05, 3.63) is 35.1 Å². The number of hydrogen-bond acceptors (Lipinski definition) is 2. The van der Waals surface area contributed by atoms with E-state index < -0.39 is 0 Å². The smallest absolute Gasteiger partial charge is 0.129 e. The minimum Gasteiger partial charge on any atom is -0.381 e. The molecule has 0 saturated carbocycles. The molecule has 17 heavy (non-hydrogen) atoms. The van der Waals surface area contributed by atoms with Crippen molar-refractivity contribution in [1.29, 1.82) is 5.41 Å². The van der Waals surface area contributed by atoms with Gasteiger partial charge < -0.3 is 9.64 Å². The van der Waals surface area contributed by atoms with Crippen molar-refractivity contribution >= 4 is 5.84 Å². The summed E-state index contributed by atoms with van der Waals surface area (Å²) in [6, 6.07) is 5.10. The van der Waals surface area contributed by atoms with Crippen molar-refractivity contribution in [2.45, 2.75) is 25.4 Å². The zero-order valence-corrected chi connectivity index (χ0v) is 9.58. The van der Waals surface area contributed by atoms with E-state index in [0.29, 0.717) is 11.9 Å². The Balaban J connectivity index is 1.85. The molecular formula is C13H15FN2O. The van der Waals surface area contributed by atoms with Crippen LogP contribution in [0.4, 0.5) is 4.39 Å². The number of hydrogen-bond donors (Lipinski definition) is 1. The molecule has 0 aliphatic carbocycles. The van der Waals surface area contributed by atoms with Crippen LogP contribution < -0.4 is 0 Å². The van der Waals surface area contributed by atoms with E-state index in [0.717, 1.165) is 43.7 Å². The molecule has 0 amide bonds. The number of nitrogens with one attached hydrogen (secondary N) is 1. The maximum Gasteiger partial charge on any atom is 0.129 e. The third kappa shape index (κ3) is 1.82. The van der Waals surface area contributed by atoms with Crippen molar-refractivity contribution in [3.8, 4) is 0 Å².